The third kappa shape index (κ3) is 4.11. The van der Waals surface area contributed by atoms with Crippen molar-refractivity contribution in [2.75, 3.05) is 13.2 Å². The molecule has 0 heterocycles. The summed E-state index contributed by atoms with van der Waals surface area (Å²) in [4.78, 5) is 0. The minimum absolute atomic E-state index is 0.353. The highest BCUT2D eigenvalue weighted by atomic mass is 16.5. The molecule has 2 rings (SSSR count). The van der Waals surface area contributed by atoms with Crippen molar-refractivity contribution in [2.24, 2.45) is 0 Å². The minimum Gasteiger partial charge on any atom is -0.379 e. The molecule has 0 fully saturated rings. The monoisotopic (exact) mass is 247 g/mol. The summed E-state index contributed by atoms with van der Waals surface area (Å²) in [6.07, 6.45) is 5.13. The van der Waals surface area contributed by atoms with Crippen LogP contribution in [0.3, 0.4) is 0 Å². The molecule has 1 aliphatic rings. The van der Waals surface area contributed by atoms with Gasteiger partial charge < -0.3 is 10.1 Å². The maximum absolute atomic E-state index is 5.55. The number of hydrogen-bond donors (Lipinski definition) is 1. The Hall–Kier alpha value is -0.860. The Bertz CT molecular complexity index is 362. The van der Waals surface area contributed by atoms with Crippen LogP contribution in [0.2, 0.25) is 0 Å². The predicted molar refractivity (Wildman–Crippen MR) is 76.0 cm³/mol. The maximum atomic E-state index is 5.55. The van der Waals surface area contributed by atoms with Gasteiger partial charge in [0.15, 0.2) is 0 Å². The topological polar surface area (TPSA) is 21.3 Å². The fraction of sp³-hybridized carbons (Fsp3) is 0.625. The van der Waals surface area contributed by atoms with Crippen LogP contribution >= 0.6 is 0 Å². The number of ether oxygens (including phenoxy) is 1. The Morgan fingerprint density at radius 1 is 1.28 bits per heavy atom. The van der Waals surface area contributed by atoms with E-state index in [1.165, 1.54) is 24.8 Å². The van der Waals surface area contributed by atoms with E-state index in [0.29, 0.717) is 12.1 Å². The van der Waals surface area contributed by atoms with E-state index in [4.69, 9.17) is 4.74 Å². The molecule has 1 N–H and O–H groups in total. The molecule has 0 saturated carbocycles. The Morgan fingerprint density at radius 3 is 2.83 bits per heavy atom. The standard InChI is InChI=1S/C16H25NO/c1-13(2)18-11-5-10-17-16-9-8-14-6-3-4-7-15(14)12-16/h3-4,6-7,13,16-17H,5,8-12H2,1-2H3. The molecule has 0 amide bonds. The van der Waals surface area contributed by atoms with Crippen LogP contribution in [0.1, 0.15) is 37.8 Å². The highest BCUT2D eigenvalue weighted by Crippen LogP contribution is 2.20. The quantitative estimate of drug-likeness (QED) is 0.780. The number of benzene rings is 1. The molecule has 0 aromatic heterocycles. The van der Waals surface area contributed by atoms with E-state index < -0.39 is 0 Å². The SMILES string of the molecule is CC(C)OCCCNC1CCc2ccccc2C1. The van der Waals surface area contributed by atoms with Gasteiger partial charge in [-0.3, -0.25) is 0 Å². The molecular formula is C16H25NO. The van der Waals surface area contributed by atoms with Gasteiger partial charge >= 0.3 is 0 Å². The van der Waals surface area contributed by atoms with Crippen molar-refractivity contribution in [3.8, 4) is 0 Å². The number of hydrogen-bond acceptors (Lipinski definition) is 2. The van der Waals surface area contributed by atoms with Gasteiger partial charge in [0.2, 0.25) is 0 Å². The molecule has 1 atom stereocenters. The normalized spacial score (nSPS) is 18.9. The van der Waals surface area contributed by atoms with Crippen molar-refractivity contribution in [3.63, 3.8) is 0 Å². The summed E-state index contributed by atoms with van der Waals surface area (Å²) in [7, 11) is 0. The van der Waals surface area contributed by atoms with Crippen LogP contribution in [-0.4, -0.2) is 25.3 Å². The van der Waals surface area contributed by atoms with E-state index in [0.717, 1.165) is 19.6 Å². The Kier molecular flexibility index (Phi) is 5.21. The first kappa shape index (κ1) is 13.6. The van der Waals surface area contributed by atoms with Crippen molar-refractivity contribution in [1.29, 1.82) is 0 Å². The average molecular weight is 247 g/mol. The van der Waals surface area contributed by atoms with Crippen molar-refractivity contribution in [2.45, 2.75) is 51.7 Å². The van der Waals surface area contributed by atoms with Crippen LogP contribution < -0.4 is 5.32 Å². The molecule has 0 saturated heterocycles. The number of fused-ring (bicyclic) bond motifs is 1. The predicted octanol–water partition coefficient (Wildman–Crippen LogP) is 2.95. The van der Waals surface area contributed by atoms with Gasteiger partial charge in [-0.25, -0.2) is 0 Å². The highest BCUT2D eigenvalue weighted by Gasteiger charge is 2.16. The van der Waals surface area contributed by atoms with E-state index >= 15 is 0 Å². The number of rotatable bonds is 6. The zero-order chi connectivity index (χ0) is 12.8. The first-order valence-corrected chi connectivity index (χ1v) is 7.17. The van der Waals surface area contributed by atoms with Gasteiger partial charge in [-0.1, -0.05) is 24.3 Å². The van der Waals surface area contributed by atoms with Crippen molar-refractivity contribution in [3.05, 3.63) is 35.4 Å². The maximum Gasteiger partial charge on any atom is 0.0518 e. The molecule has 2 nitrogen and oxygen atoms in total. The van der Waals surface area contributed by atoms with E-state index in [1.807, 2.05) is 0 Å². The number of aryl methyl sites for hydroxylation is 1. The fourth-order valence-electron chi connectivity index (χ4n) is 2.57. The highest BCUT2D eigenvalue weighted by molar-refractivity contribution is 5.30. The molecule has 1 aromatic carbocycles. The van der Waals surface area contributed by atoms with Crippen LogP contribution in [0.25, 0.3) is 0 Å². The van der Waals surface area contributed by atoms with Gasteiger partial charge in [0, 0.05) is 12.6 Å². The molecule has 100 valence electrons. The lowest BCUT2D eigenvalue weighted by molar-refractivity contribution is 0.0766. The molecular weight excluding hydrogens is 222 g/mol. The summed E-state index contributed by atoms with van der Waals surface area (Å²) < 4.78 is 5.55. The Balaban J connectivity index is 1.67. The molecule has 0 bridgehead atoms. The lowest BCUT2D eigenvalue weighted by atomic mass is 9.88. The van der Waals surface area contributed by atoms with Gasteiger partial charge in [-0.2, -0.15) is 0 Å². The van der Waals surface area contributed by atoms with E-state index in [1.54, 1.807) is 5.56 Å². The van der Waals surface area contributed by atoms with Gasteiger partial charge in [0.05, 0.1) is 6.10 Å². The zero-order valence-corrected chi connectivity index (χ0v) is 11.6. The van der Waals surface area contributed by atoms with Crippen LogP contribution in [-0.2, 0) is 17.6 Å². The van der Waals surface area contributed by atoms with Crippen LogP contribution in [0, 0.1) is 0 Å². The Morgan fingerprint density at radius 2 is 2.06 bits per heavy atom. The molecule has 2 heteroatoms. The average Bonchev–Trinajstić information content (AvgIpc) is 2.38. The molecule has 1 aliphatic carbocycles. The van der Waals surface area contributed by atoms with Gasteiger partial charge in [0.1, 0.15) is 0 Å². The fourth-order valence-corrected chi connectivity index (χ4v) is 2.57. The lowest BCUT2D eigenvalue weighted by Crippen LogP contribution is -2.35. The lowest BCUT2D eigenvalue weighted by Gasteiger charge is -2.25. The zero-order valence-electron chi connectivity index (χ0n) is 11.6. The van der Waals surface area contributed by atoms with Gasteiger partial charge in [-0.15, -0.1) is 0 Å². The first-order chi connectivity index (χ1) is 8.75. The Labute approximate surface area is 111 Å². The first-order valence-electron chi connectivity index (χ1n) is 7.17. The van der Waals surface area contributed by atoms with E-state index in [2.05, 4.69) is 43.4 Å². The summed E-state index contributed by atoms with van der Waals surface area (Å²) in [5.41, 5.74) is 3.07. The summed E-state index contributed by atoms with van der Waals surface area (Å²) in [6.45, 7) is 6.12. The molecule has 1 unspecified atom stereocenters. The largest absolute Gasteiger partial charge is 0.379 e. The summed E-state index contributed by atoms with van der Waals surface area (Å²) >= 11 is 0. The van der Waals surface area contributed by atoms with E-state index in [-0.39, 0.29) is 0 Å². The van der Waals surface area contributed by atoms with Crippen LogP contribution in [0.4, 0.5) is 0 Å². The molecule has 0 aliphatic heterocycles. The van der Waals surface area contributed by atoms with Crippen LogP contribution in [0.5, 0.6) is 0 Å². The van der Waals surface area contributed by atoms with Gasteiger partial charge in [0.25, 0.3) is 0 Å². The number of nitrogens with one attached hydrogen (secondary N) is 1. The van der Waals surface area contributed by atoms with Crippen molar-refractivity contribution in [1.82, 2.24) is 5.32 Å². The van der Waals surface area contributed by atoms with E-state index in [9.17, 15) is 0 Å². The summed E-state index contributed by atoms with van der Waals surface area (Å²) in [5.74, 6) is 0. The second-order valence-electron chi connectivity index (χ2n) is 5.44. The van der Waals surface area contributed by atoms with Crippen molar-refractivity contribution >= 4 is 0 Å². The molecule has 1 aromatic rings. The molecule has 0 radical (unpaired) electrons. The summed E-state index contributed by atoms with van der Waals surface area (Å²) in [5, 5.41) is 3.66. The van der Waals surface area contributed by atoms with Gasteiger partial charge in [-0.05, 0) is 57.2 Å². The smallest absolute Gasteiger partial charge is 0.0518 e. The second kappa shape index (κ2) is 6.91. The second-order valence-corrected chi connectivity index (χ2v) is 5.44. The van der Waals surface area contributed by atoms with Crippen molar-refractivity contribution < 1.29 is 4.74 Å². The molecule has 18 heavy (non-hydrogen) atoms. The third-order valence-electron chi connectivity index (χ3n) is 3.55. The van der Waals surface area contributed by atoms with Crippen LogP contribution in [0.15, 0.2) is 24.3 Å². The minimum atomic E-state index is 0.353. The summed E-state index contributed by atoms with van der Waals surface area (Å²) in [6, 6.07) is 9.49. The third-order valence-corrected chi connectivity index (χ3v) is 3.55. The molecule has 0 spiro atoms.